The zero-order valence-electron chi connectivity index (χ0n) is 30.3. The van der Waals surface area contributed by atoms with Gasteiger partial charge < -0.3 is 29.3 Å². The summed E-state index contributed by atoms with van der Waals surface area (Å²) in [6, 6.07) is 10.7. The number of amides is 2. The summed E-state index contributed by atoms with van der Waals surface area (Å²) < 4.78 is 47.5. The molecule has 2 aliphatic rings. The Hall–Kier alpha value is -5.67. The number of ether oxygens (including phenoxy) is 3. The summed E-state index contributed by atoms with van der Waals surface area (Å²) >= 11 is 0. The summed E-state index contributed by atoms with van der Waals surface area (Å²) in [5.41, 5.74) is 2.16. The maximum absolute atomic E-state index is 15.9. The van der Waals surface area contributed by atoms with E-state index >= 15 is 8.78 Å². The molecule has 6 rings (SSSR count). The van der Waals surface area contributed by atoms with Crippen molar-refractivity contribution in [3.05, 3.63) is 95.3 Å². The van der Waals surface area contributed by atoms with Crippen LogP contribution in [0.2, 0.25) is 0 Å². The zero-order valence-corrected chi connectivity index (χ0v) is 30.3. The molecule has 53 heavy (non-hydrogen) atoms. The first-order valence-electron chi connectivity index (χ1n) is 17.1. The topological polar surface area (TPSA) is 125 Å². The van der Waals surface area contributed by atoms with Crippen LogP contribution in [-0.2, 0) is 22.5 Å². The fourth-order valence-electron chi connectivity index (χ4n) is 6.22. The Bertz CT molecular complexity index is 1960. The molecule has 15 heteroatoms. The fraction of sp³-hybridized carbons (Fsp3) is 0.342. The number of hydrogen-bond donors (Lipinski definition) is 1. The quantitative estimate of drug-likeness (QED) is 0.171. The van der Waals surface area contributed by atoms with Gasteiger partial charge in [-0.15, -0.1) is 0 Å². The molecule has 2 aromatic heterocycles. The number of carbonyl (C=O) groups excluding carboxylic acids is 2. The minimum absolute atomic E-state index is 0.0739. The third-order valence-corrected chi connectivity index (χ3v) is 8.99. The molecular weight excluding hydrogens is 686 g/mol. The van der Waals surface area contributed by atoms with Crippen molar-refractivity contribution in [2.45, 2.75) is 25.9 Å². The molecular formula is C38H42F2N8O5. The number of likely N-dealkylation sites (N-methyl/N-ethyl adjacent to an activating group) is 1. The molecule has 0 bridgehead atoms. The van der Waals surface area contributed by atoms with Crippen LogP contribution in [0, 0.1) is 11.6 Å². The van der Waals surface area contributed by atoms with Crippen molar-refractivity contribution in [3.8, 4) is 11.5 Å². The lowest BCUT2D eigenvalue weighted by Gasteiger charge is -2.39. The maximum Gasteiger partial charge on any atom is 0.331 e. The van der Waals surface area contributed by atoms with Crippen molar-refractivity contribution in [2.24, 2.45) is 0 Å². The number of ketones is 1. The third kappa shape index (κ3) is 8.21. The molecule has 2 aromatic carbocycles. The van der Waals surface area contributed by atoms with Crippen molar-refractivity contribution in [1.29, 1.82) is 0 Å². The van der Waals surface area contributed by atoms with E-state index in [0.29, 0.717) is 36.7 Å². The SMILES string of the molecule is COc1cc(OC)c(F)c(N2Cc3cnc(Nc4ccc(N5CCOCC5)cn4)nc3N(C(C)c3cccc(CC(=O)/C=C/CN(C)C)c3)C2=O)c1F. The van der Waals surface area contributed by atoms with E-state index in [1.54, 1.807) is 31.3 Å². The van der Waals surface area contributed by atoms with Crippen LogP contribution in [0.4, 0.5) is 42.5 Å². The lowest BCUT2D eigenvalue weighted by atomic mass is 10.00. The number of carbonyl (C=O) groups is 2. The molecule has 1 N–H and O–H groups in total. The summed E-state index contributed by atoms with van der Waals surface area (Å²) in [5.74, 6) is -1.91. The standard InChI is InChI=1S/C38H42F2N8O5/c1-24(26-9-6-8-25(18-26)19-29(49)10-7-13-45(2)3)48-36-27(23-47(38(48)50)35-33(39)30(51-4)20-31(52-5)34(35)40)21-42-37(44-36)43-32-12-11-28(22-41-32)46-14-16-53-17-15-46/h6-12,18,20-22,24H,13-17,19,23H2,1-5H3,(H,41,42,43,44)/b10-7+. The average molecular weight is 729 g/mol. The highest BCUT2D eigenvalue weighted by Crippen LogP contribution is 2.42. The number of benzene rings is 2. The van der Waals surface area contributed by atoms with Gasteiger partial charge in [-0.25, -0.2) is 23.5 Å². The molecule has 0 saturated carbocycles. The molecule has 1 fully saturated rings. The third-order valence-electron chi connectivity index (χ3n) is 8.99. The number of methoxy groups -OCH3 is 2. The van der Waals surface area contributed by atoms with Crippen molar-refractivity contribution < 1.29 is 32.6 Å². The molecule has 0 radical (unpaired) electrons. The van der Waals surface area contributed by atoms with Crippen molar-refractivity contribution in [1.82, 2.24) is 19.9 Å². The van der Waals surface area contributed by atoms with Crippen LogP contribution in [-0.4, -0.2) is 92.8 Å². The monoisotopic (exact) mass is 728 g/mol. The molecule has 2 aliphatic heterocycles. The molecule has 4 aromatic rings. The summed E-state index contributed by atoms with van der Waals surface area (Å²) in [6.45, 7) is 5.00. The highest BCUT2D eigenvalue weighted by atomic mass is 19.1. The number of rotatable bonds is 13. The van der Waals surface area contributed by atoms with Crippen LogP contribution in [0.3, 0.4) is 0 Å². The van der Waals surface area contributed by atoms with Gasteiger partial charge in [-0.3, -0.25) is 14.6 Å². The van der Waals surface area contributed by atoms with Gasteiger partial charge in [0.1, 0.15) is 17.3 Å². The summed E-state index contributed by atoms with van der Waals surface area (Å²) in [5, 5.41) is 3.12. The van der Waals surface area contributed by atoms with Crippen LogP contribution in [0.15, 0.2) is 67.0 Å². The van der Waals surface area contributed by atoms with Gasteiger partial charge in [-0.2, -0.15) is 4.98 Å². The van der Waals surface area contributed by atoms with Gasteiger partial charge in [0.25, 0.3) is 0 Å². The summed E-state index contributed by atoms with van der Waals surface area (Å²) in [7, 11) is 6.31. The largest absolute Gasteiger partial charge is 0.493 e. The van der Waals surface area contributed by atoms with Gasteiger partial charge >= 0.3 is 6.03 Å². The second-order valence-electron chi connectivity index (χ2n) is 12.9. The molecule has 13 nitrogen and oxygen atoms in total. The molecule has 0 aliphatic carbocycles. The Morgan fingerprint density at radius 3 is 2.43 bits per heavy atom. The lowest BCUT2D eigenvalue weighted by molar-refractivity contribution is -0.114. The van der Waals surface area contributed by atoms with Gasteiger partial charge in [-0.05, 0) is 50.4 Å². The Morgan fingerprint density at radius 2 is 1.77 bits per heavy atom. The second kappa shape index (κ2) is 16.3. The van der Waals surface area contributed by atoms with E-state index in [4.69, 9.17) is 19.2 Å². The number of allylic oxidation sites excluding steroid dienone is 1. The van der Waals surface area contributed by atoms with Crippen molar-refractivity contribution in [3.63, 3.8) is 0 Å². The Labute approximate surface area is 306 Å². The number of nitrogens with zero attached hydrogens (tertiary/aromatic N) is 7. The Kier molecular flexibility index (Phi) is 11.4. The molecule has 4 heterocycles. The van der Waals surface area contributed by atoms with Gasteiger partial charge in [-0.1, -0.05) is 30.3 Å². The van der Waals surface area contributed by atoms with E-state index in [1.807, 2.05) is 49.3 Å². The molecule has 1 atom stereocenters. The van der Waals surface area contributed by atoms with Crippen molar-refractivity contribution >= 4 is 40.8 Å². The zero-order chi connectivity index (χ0) is 37.6. The predicted octanol–water partition coefficient (Wildman–Crippen LogP) is 5.68. The average Bonchev–Trinajstić information content (AvgIpc) is 3.15. The normalized spacial score (nSPS) is 15.2. The highest BCUT2D eigenvalue weighted by Gasteiger charge is 2.40. The number of hydrogen-bond acceptors (Lipinski definition) is 11. The first-order chi connectivity index (χ1) is 25.6. The second-order valence-corrected chi connectivity index (χ2v) is 12.9. The minimum Gasteiger partial charge on any atom is -0.493 e. The van der Waals surface area contributed by atoms with E-state index in [9.17, 15) is 9.59 Å². The smallest absolute Gasteiger partial charge is 0.331 e. The number of urea groups is 1. The number of fused-ring (bicyclic) bond motifs is 1. The fourth-order valence-corrected chi connectivity index (χ4v) is 6.22. The minimum atomic E-state index is -1.07. The van der Waals surface area contributed by atoms with E-state index in [1.165, 1.54) is 25.3 Å². The number of morpholine rings is 1. The van der Waals surface area contributed by atoms with Gasteiger partial charge in [0.2, 0.25) is 5.95 Å². The van der Waals surface area contributed by atoms with E-state index < -0.39 is 29.4 Å². The van der Waals surface area contributed by atoms with Crippen molar-refractivity contribution in [2.75, 3.05) is 81.2 Å². The maximum atomic E-state index is 15.9. The molecule has 1 saturated heterocycles. The van der Waals surface area contributed by atoms with Gasteiger partial charge in [0.05, 0.1) is 51.9 Å². The van der Waals surface area contributed by atoms with Gasteiger partial charge in [0.15, 0.2) is 28.9 Å². The molecule has 1 unspecified atom stereocenters. The predicted molar refractivity (Wildman–Crippen MR) is 197 cm³/mol. The first kappa shape index (κ1) is 37.1. The number of pyridine rings is 1. The van der Waals surface area contributed by atoms with E-state index in [-0.39, 0.29) is 42.0 Å². The molecule has 2 amide bonds. The first-order valence-corrected chi connectivity index (χ1v) is 17.1. The van der Waals surface area contributed by atoms with Crippen LogP contribution >= 0.6 is 0 Å². The molecule has 0 spiro atoms. The Morgan fingerprint density at radius 1 is 1.04 bits per heavy atom. The van der Waals surface area contributed by atoms with E-state index in [0.717, 1.165) is 35.3 Å². The lowest BCUT2D eigenvalue weighted by Crippen LogP contribution is -2.49. The summed E-state index contributed by atoms with van der Waals surface area (Å²) in [6.07, 6.45) is 6.77. The molecule has 278 valence electrons. The number of aromatic nitrogens is 3. The highest BCUT2D eigenvalue weighted by molar-refractivity contribution is 6.06. The van der Waals surface area contributed by atoms with Crippen LogP contribution in [0.1, 0.15) is 29.7 Å². The number of nitrogens with one attached hydrogen (secondary N) is 1. The van der Waals surface area contributed by atoms with Crippen LogP contribution < -0.4 is 29.5 Å². The van der Waals surface area contributed by atoms with Crippen LogP contribution in [0.25, 0.3) is 0 Å². The Balaban J connectivity index is 1.36. The van der Waals surface area contributed by atoms with Crippen LogP contribution in [0.5, 0.6) is 11.5 Å². The number of halogens is 2. The summed E-state index contributed by atoms with van der Waals surface area (Å²) in [4.78, 5) is 47.5. The van der Waals surface area contributed by atoms with E-state index in [2.05, 4.69) is 20.2 Å². The van der Waals surface area contributed by atoms with Gasteiger partial charge in [0, 0.05) is 43.9 Å². The number of anilines is 5.